The lowest BCUT2D eigenvalue weighted by atomic mass is 10.1. The van der Waals surface area contributed by atoms with E-state index in [1.807, 2.05) is 56.1 Å². The van der Waals surface area contributed by atoms with Gasteiger partial charge in [0.15, 0.2) is 0 Å². The summed E-state index contributed by atoms with van der Waals surface area (Å²) in [5.41, 5.74) is 2.90. The highest BCUT2D eigenvalue weighted by atomic mass is 33.1. The van der Waals surface area contributed by atoms with Gasteiger partial charge in [0.1, 0.15) is 27.9 Å². The Morgan fingerprint density at radius 3 is 2.25 bits per heavy atom. The predicted molar refractivity (Wildman–Crippen MR) is 100.0 cm³/mol. The third-order valence-corrected chi connectivity index (χ3v) is 5.08. The molecular weight excluding hydrogens is 346 g/mol. The fraction of sp³-hybridized carbons (Fsp3) is 0.188. The molecule has 6 nitrogen and oxygen atoms in total. The maximum absolute atomic E-state index is 11.3. The lowest BCUT2D eigenvalue weighted by molar-refractivity contribution is -0.462. The highest BCUT2D eigenvalue weighted by Crippen LogP contribution is 2.28. The molecule has 126 valence electrons. The number of aliphatic imine (C=N–C) groups is 1. The van der Waals surface area contributed by atoms with Crippen LogP contribution in [0.3, 0.4) is 0 Å². The van der Waals surface area contributed by atoms with Gasteiger partial charge in [0.25, 0.3) is 0 Å². The van der Waals surface area contributed by atoms with Crippen molar-refractivity contribution < 1.29 is 22.1 Å². The maximum atomic E-state index is 11.3. The standard InChI is InChI=1S/C16H18N3O3S2/c1-18(2)13-7-5-12(6-8-13)17-15-10-9-14(19(3)4)11-16(15)23-24(20,21)22/h5-11H,1H2,2-4H3/q+1/p+1. The van der Waals surface area contributed by atoms with Crippen LogP contribution in [0.25, 0.3) is 0 Å². The summed E-state index contributed by atoms with van der Waals surface area (Å²) in [5.74, 6) is 0. The van der Waals surface area contributed by atoms with Gasteiger partial charge in [-0.25, -0.2) is 14.1 Å². The van der Waals surface area contributed by atoms with E-state index in [-0.39, 0.29) is 0 Å². The van der Waals surface area contributed by atoms with E-state index in [4.69, 9.17) is 4.55 Å². The first kappa shape index (κ1) is 18.3. The van der Waals surface area contributed by atoms with Crippen LogP contribution in [-0.2, 0) is 9.15 Å². The van der Waals surface area contributed by atoms with E-state index in [0.717, 1.165) is 11.4 Å². The second-order valence-electron chi connectivity index (χ2n) is 5.38. The number of hydrogen-bond acceptors (Lipinski definition) is 4. The van der Waals surface area contributed by atoms with Crippen molar-refractivity contribution in [2.24, 2.45) is 4.99 Å². The van der Waals surface area contributed by atoms with Gasteiger partial charge >= 0.3 is 9.15 Å². The van der Waals surface area contributed by atoms with E-state index in [1.54, 1.807) is 16.7 Å². The Labute approximate surface area is 145 Å². The molecule has 1 N–H and O–H groups in total. The van der Waals surface area contributed by atoms with E-state index in [9.17, 15) is 8.42 Å². The highest BCUT2D eigenvalue weighted by Gasteiger charge is 2.20. The van der Waals surface area contributed by atoms with E-state index in [0.29, 0.717) is 27.1 Å². The van der Waals surface area contributed by atoms with Gasteiger partial charge in [-0.05, 0) is 18.2 Å². The number of hydrogen-bond donors (Lipinski definition) is 1. The van der Waals surface area contributed by atoms with E-state index >= 15 is 0 Å². The molecule has 0 aliphatic heterocycles. The van der Waals surface area contributed by atoms with Gasteiger partial charge in [-0.2, -0.15) is 8.42 Å². The van der Waals surface area contributed by atoms with Crippen molar-refractivity contribution in [3.8, 4) is 0 Å². The first-order valence-electron chi connectivity index (χ1n) is 7.00. The van der Waals surface area contributed by atoms with E-state index < -0.39 is 9.15 Å². The van der Waals surface area contributed by atoms with Gasteiger partial charge in [0.05, 0.1) is 16.3 Å². The molecule has 0 unspecified atom stereocenters. The SMILES string of the molecule is C=[N+](C)c1ccc(N=C2C=CC(=[N+](C)C)C=C2SS(=O)(=O)O)cc1. The molecule has 0 bridgehead atoms. The van der Waals surface area contributed by atoms with Crippen LogP contribution in [0.2, 0.25) is 0 Å². The molecular formula is C16H19N3O3S2+2. The smallest absolute Gasteiger partial charge is 0.277 e. The number of nitrogens with zero attached hydrogens (tertiary/aromatic N) is 3. The van der Waals surface area contributed by atoms with Gasteiger partial charge in [-0.1, -0.05) is 0 Å². The van der Waals surface area contributed by atoms with Crippen molar-refractivity contribution in [2.45, 2.75) is 0 Å². The van der Waals surface area contributed by atoms with Crippen molar-refractivity contribution in [1.82, 2.24) is 0 Å². The minimum Gasteiger partial charge on any atom is -0.277 e. The first-order chi connectivity index (χ1) is 11.2. The summed E-state index contributed by atoms with van der Waals surface area (Å²) in [6.45, 7) is 3.80. The average Bonchev–Trinajstić information content (AvgIpc) is 2.48. The molecule has 1 aliphatic carbocycles. The zero-order chi connectivity index (χ0) is 17.9. The van der Waals surface area contributed by atoms with Crippen molar-refractivity contribution in [2.75, 3.05) is 21.1 Å². The summed E-state index contributed by atoms with van der Waals surface area (Å²) in [6, 6.07) is 7.38. The second-order valence-corrected chi connectivity index (χ2v) is 8.61. The normalized spacial score (nSPS) is 16.2. The Hall–Kier alpha value is -2.03. The topological polar surface area (TPSA) is 72.8 Å². The maximum Gasteiger partial charge on any atom is 0.324 e. The summed E-state index contributed by atoms with van der Waals surface area (Å²) in [7, 11) is 1.68. The van der Waals surface area contributed by atoms with Crippen LogP contribution in [-0.4, -0.2) is 61.4 Å². The molecule has 0 saturated heterocycles. The summed E-state index contributed by atoms with van der Waals surface area (Å²) in [4.78, 5) is 4.84. The third-order valence-electron chi connectivity index (χ3n) is 3.19. The Balaban J connectivity index is 2.43. The Bertz CT molecular complexity index is 889. The Morgan fingerprint density at radius 2 is 1.75 bits per heavy atom. The van der Waals surface area contributed by atoms with Crippen molar-refractivity contribution >= 4 is 49.5 Å². The fourth-order valence-corrected chi connectivity index (χ4v) is 3.65. The third kappa shape index (κ3) is 4.98. The average molecular weight is 365 g/mol. The monoisotopic (exact) mass is 365 g/mol. The minimum absolute atomic E-state index is 0.363. The zero-order valence-corrected chi connectivity index (χ0v) is 15.3. The van der Waals surface area contributed by atoms with Crippen molar-refractivity contribution in [3.63, 3.8) is 0 Å². The molecule has 0 amide bonds. The van der Waals surface area contributed by atoms with Gasteiger partial charge in [0.2, 0.25) is 11.4 Å². The van der Waals surface area contributed by atoms with Crippen LogP contribution in [0.5, 0.6) is 0 Å². The second kappa shape index (κ2) is 7.25. The first-order valence-corrected chi connectivity index (χ1v) is 9.77. The van der Waals surface area contributed by atoms with Crippen molar-refractivity contribution in [1.29, 1.82) is 0 Å². The molecule has 0 radical (unpaired) electrons. The largest absolute Gasteiger partial charge is 0.324 e. The van der Waals surface area contributed by atoms with Crippen LogP contribution in [0.4, 0.5) is 11.4 Å². The molecule has 0 spiro atoms. The van der Waals surface area contributed by atoms with Gasteiger partial charge in [-0.3, -0.25) is 4.55 Å². The molecule has 8 heteroatoms. The van der Waals surface area contributed by atoms with E-state index in [2.05, 4.69) is 11.7 Å². The number of allylic oxidation sites excluding steroid dienone is 4. The summed E-state index contributed by atoms with van der Waals surface area (Å²) in [6.07, 6.45) is 5.24. The minimum atomic E-state index is -4.23. The molecule has 0 fully saturated rings. The quantitative estimate of drug-likeness (QED) is 0.292. The Kier molecular flexibility index (Phi) is 5.53. The van der Waals surface area contributed by atoms with Gasteiger partial charge in [-0.15, -0.1) is 0 Å². The molecule has 1 aliphatic rings. The van der Waals surface area contributed by atoms with Crippen LogP contribution < -0.4 is 0 Å². The molecule has 24 heavy (non-hydrogen) atoms. The Morgan fingerprint density at radius 1 is 1.12 bits per heavy atom. The highest BCUT2D eigenvalue weighted by molar-refractivity contribution is 8.71. The molecule has 0 atom stereocenters. The van der Waals surface area contributed by atoms with Crippen molar-refractivity contribution in [3.05, 3.63) is 47.4 Å². The molecule has 0 saturated carbocycles. The predicted octanol–water partition coefficient (Wildman–Crippen LogP) is 2.44. The van der Waals surface area contributed by atoms with Crippen LogP contribution in [0, 0.1) is 0 Å². The molecule has 0 heterocycles. The zero-order valence-electron chi connectivity index (χ0n) is 13.7. The summed E-state index contributed by atoms with van der Waals surface area (Å²) in [5, 5.41) is 0. The molecule has 1 aromatic carbocycles. The van der Waals surface area contributed by atoms with Crippen LogP contribution >= 0.6 is 10.8 Å². The number of rotatable bonds is 4. The molecule has 2 rings (SSSR count). The van der Waals surface area contributed by atoms with Gasteiger partial charge < -0.3 is 0 Å². The van der Waals surface area contributed by atoms with Crippen LogP contribution in [0.15, 0.2) is 52.4 Å². The summed E-state index contributed by atoms with van der Waals surface area (Å²) >= 11 is 0. The van der Waals surface area contributed by atoms with E-state index in [1.165, 1.54) is 0 Å². The molecule has 1 aromatic rings. The molecule has 0 aromatic heterocycles. The van der Waals surface area contributed by atoms with Gasteiger partial charge in [0, 0.05) is 35.1 Å². The lowest BCUT2D eigenvalue weighted by Crippen LogP contribution is -2.15. The lowest BCUT2D eigenvalue weighted by Gasteiger charge is -2.09. The van der Waals surface area contributed by atoms with Crippen LogP contribution in [0.1, 0.15) is 0 Å². The number of benzene rings is 1. The summed E-state index contributed by atoms with van der Waals surface area (Å²) < 4.78 is 35.2. The fourth-order valence-electron chi connectivity index (χ4n) is 1.97.